The van der Waals surface area contributed by atoms with E-state index in [1.54, 1.807) is 4.90 Å². The van der Waals surface area contributed by atoms with Crippen LogP contribution in [-0.4, -0.2) is 36.3 Å². The van der Waals surface area contributed by atoms with Gasteiger partial charge >= 0.3 is 0 Å². The Bertz CT molecular complexity index is 352. The lowest BCUT2D eigenvalue weighted by Crippen LogP contribution is -2.22. The van der Waals surface area contributed by atoms with E-state index in [4.69, 9.17) is 17.3 Å². The fourth-order valence-corrected chi connectivity index (χ4v) is 1.20. The summed E-state index contributed by atoms with van der Waals surface area (Å²) in [7, 11) is 3.62. The minimum Gasteiger partial charge on any atom is -0.383 e. The fourth-order valence-electron chi connectivity index (χ4n) is 1.05. The van der Waals surface area contributed by atoms with Crippen LogP contribution in [0.4, 0.5) is 5.82 Å². The van der Waals surface area contributed by atoms with Crippen molar-refractivity contribution in [2.45, 2.75) is 0 Å². The average molecular weight is 214 g/mol. The maximum atomic E-state index is 11.6. The molecule has 1 rings (SSSR count). The van der Waals surface area contributed by atoms with Crippen molar-refractivity contribution in [1.82, 2.24) is 9.88 Å². The number of nitrogens with two attached hydrogens (primary N) is 1. The van der Waals surface area contributed by atoms with Crippen LogP contribution in [0.3, 0.4) is 0 Å². The molecule has 1 aromatic heterocycles. The van der Waals surface area contributed by atoms with Crippen molar-refractivity contribution in [3.8, 4) is 0 Å². The monoisotopic (exact) mass is 213 g/mol. The lowest BCUT2D eigenvalue weighted by Gasteiger charge is -2.09. The molecule has 0 radical (unpaired) electrons. The second-order valence-corrected chi connectivity index (χ2v) is 3.68. The highest BCUT2D eigenvalue weighted by Crippen LogP contribution is 2.15. The van der Waals surface area contributed by atoms with Crippen molar-refractivity contribution in [1.29, 1.82) is 0 Å². The minimum absolute atomic E-state index is 0.0810. The van der Waals surface area contributed by atoms with E-state index < -0.39 is 0 Å². The van der Waals surface area contributed by atoms with Crippen LogP contribution in [0.15, 0.2) is 12.3 Å². The SMILES string of the molecule is CN(C)CC(=O)c1cc(Cl)cnc1N. The van der Waals surface area contributed by atoms with Gasteiger partial charge in [0, 0.05) is 6.20 Å². The van der Waals surface area contributed by atoms with E-state index in [0.717, 1.165) is 0 Å². The Morgan fingerprint density at radius 3 is 2.86 bits per heavy atom. The van der Waals surface area contributed by atoms with E-state index in [9.17, 15) is 4.79 Å². The van der Waals surface area contributed by atoms with Crippen LogP contribution in [0.5, 0.6) is 0 Å². The van der Waals surface area contributed by atoms with E-state index in [1.807, 2.05) is 14.1 Å². The van der Waals surface area contributed by atoms with Gasteiger partial charge in [0.1, 0.15) is 5.82 Å². The molecular weight excluding hydrogens is 202 g/mol. The van der Waals surface area contributed by atoms with Crippen molar-refractivity contribution in [3.63, 3.8) is 0 Å². The van der Waals surface area contributed by atoms with Crippen molar-refractivity contribution in [2.24, 2.45) is 0 Å². The number of carbonyl (C=O) groups excluding carboxylic acids is 1. The van der Waals surface area contributed by atoms with Gasteiger partial charge in [0.25, 0.3) is 0 Å². The number of carbonyl (C=O) groups is 1. The number of rotatable bonds is 3. The molecule has 1 aromatic rings. The third-order valence-corrected chi connectivity index (χ3v) is 1.85. The first-order valence-corrected chi connectivity index (χ1v) is 4.47. The van der Waals surface area contributed by atoms with E-state index in [2.05, 4.69) is 4.98 Å². The summed E-state index contributed by atoms with van der Waals surface area (Å²) in [5, 5.41) is 0.418. The molecule has 0 amide bonds. The first-order chi connectivity index (χ1) is 6.50. The number of halogens is 1. The van der Waals surface area contributed by atoms with Gasteiger partial charge in [-0.25, -0.2) is 4.98 Å². The van der Waals surface area contributed by atoms with Crippen LogP contribution in [0, 0.1) is 0 Å². The highest BCUT2D eigenvalue weighted by atomic mass is 35.5. The summed E-state index contributed by atoms with van der Waals surface area (Å²) in [6, 6.07) is 1.54. The summed E-state index contributed by atoms with van der Waals surface area (Å²) in [5.41, 5.74) is 5.94. The smallest absolute Gasteiger partial charge is 0.180 e. The molecule has 76 valence electrons. The quantitative estimate of drug-likeness (QED) is 0.763. The topological polar surface area (TPSA) is 59.2 Å². The molecule has 0 saturated heterocycles. The maximum Gasteiger partial charge on any atom is 0.180 e. The Hall–Kier alpha value is -1.13. The van der Waals surface area contributed by atoms with Crippen LogP contribution >= 0.6 is 11.6 Å². The van der Waals surface area contributed by atoms with Crippen molar-refractivity contribution < 1.29 is 4.79 Å². The molecule has 2 N–H and O–H groups in total. The molecule has 0 aromatic carbocycles. The summed E-state index contributed by atoms with van der Waals surface area (Å²) >= 11 is 5.71. The van der Waals surface area contributed by atoms with Crippen LogP contribution in [0.2, 0.25) is 5.02 Å². The minimum atomic E-state index is -0.0810. The molecule has 5 heteroatoms. The summed E-state index contributed by atoms with van der Waals surface area (Å²) in [6.07, 6.45) is 1.42. The third-order valence-electron chi connectivity index (χ3n) is 1.65. The number of pyridine rings is 1. The number of aromatic nitrogens is 1. The summed E-state index contributed by atoms with van der Waals surface area (Å²) in [5.74, 6) is 0.142. The van der Waals surface area contributed by atoms with Gasteiger partial charge in [0.2, 0.25) is 0 Å². The molecule has 0 aliphatic carbocycles. The van der Waals surface area contributed by atoms with Crippen LogP contribution in [0.25, 0.3) is 0 Å². The molecule has 1 heterocycles. The van der Waals surface area contributed by atoms with Gasteiger partial charge in [0.15, 0.2) is 5.78 Å². The lowest BCUT2D eigenvalue weighted by atomic mass is 10.1. The normalized spacial score (nSPS) is 10.6. The Balaban J connectivity index is 2.94. The largest absolute Gasteiger partial charge is 0.383 e. The summed E-state index contributed by atoms with van der Waals surface area (Å²) in [6.45, 7) is 0.298. The highest BCUT2D eigenvalue weighted by Gasteiger charge is 2.11. The summed E-state index contributed by atoms with van der Waals surface area (Å²) in [4.78, 5) is 17.2. The van der Waals surface area contributed by atoms with Gasteiger partial charge in [-0.05, 0) is 20.2 Å². The zero-order valence-electron chi connectivity index (χ0n) is 8.12. The van der Waals surface area contributed by atoms with E-state index in [1.165, 1.54) is 12.3 Å². The molecule has 0 fully saturated rings. The van der Waals surface area contributed by atoms with Gasteiger partial charge in [-0.1, -0.05) is 11.6 Å². The zero-order valence-corrected chi connectivity index (χ0v) is 8.88. The molecule has 0 unspecified atom stereocenters. The van der Waals surface area contributed by atoms with Crippen molar-refractivity contribution in [2.75, 3.05) is 26.4 Å². The van der Waals surface area contributed by atoms with Crippen LogP contribution in [-0.2, 0) is 0 Å². The zero-order chi connectivity index (χ0) is 10.7. The van der Waals surface area contributed by atoms with E-state index in [-0.39, 0.29) is 11.6 Å². The van der Waals surface area contributed by atoms with Gasteiger partial charge in [-0.2, -0.15) is 0 Å². The second kappa shape index (κ2) is 4.39. The Kier molecular flexibility index (Phi) is 3.43. The highest BCUT2D eigenvalue weighted by molar-refractivity contribution is 6.31. The van der Waals surface area contributed by atoms with Crippen molar-refractivity contribution in [3.05, 3.63) is 22.8 Å². The first-order valence-electron chi connectivity index (χ1n) is 4.09. The standard InChI is InChI=1S/C9H12ClN3O/c1-13(2)5-8(14)7-3-6(10)4-12-9(7)11/h3-4H,5H2,1-2H3,(H2,11,12). The van der Waals surface area contributed by atoms with Gasteiger partial charge in [-0.15, -0.1) is 0 Å². The van der Waals surface area contributed by atoms with Crippen molar-refractivity contribution >= 4 is 23.2 Å². The number of nitrogens with zero attached hydrogens (tertiary/aromatic N) is 2. The molecule has 0 spiro atoms. The third kappa shape index (κ3) is 2.68. The van der Waals surface area contributed by atoms with Gasteiger partial charge < -0.3 is 10.6 Å². The van der Waals surface area contributed by atoms with Gasteiger partial charge in [0.05, 0.1) is 17.1 Å². The number of nitrogen functional groups attached to an aromatic ring is 1. The van der Waals surface area contributed by atoms with Crippen LogP contribution in [0.1, 0.15) is 10.4 Å². The molecular formula is C9H12ClN3O. The van der Waals surface area contributed by atoms with Gasteiger partial charge in [-0.3, -0.25) is 4.79 Å². The molecule has 0 atom stereocenters. The number of hydrogen-bond donors (Lipinski definition) is 1. The predicted molar refractivity (Wildman–Crippen MR) is 56.5 cm³/mol. The Morgan fingerprint density at radius 2 is 2.29 bits per heavy atom. The number of ketones is 1. The Labute approximate surface area is 87.7 Å². The molecule has 4 nitrogen and oxygen atoms in total. The molecule has 0 bridgehead atoms. The van der Waals surface area contributed by atoms with E-state index in [0.29, 0.717) is 17.1 Å². The second-order valence-electron chi connectivity index (χ2n) is 3.25. The molecule has 0 aliphatic heterocycles. The van der Waals surface area contributed by atoms with Crippen LogP contribution < -0.4 is 5.73 Å². The summed E-state index contributed by atoms with van der Waals surface area (Å²) < 4.78 is 0. The Morgan fingerprint density at radius 1 is 1.64 bits per heavy atom. The average Bonchev–Trinajstić information content (AvgIpc) is 2.08. The number of likely N-dealkylation sites (N-methyl/N-ethyl adjacent to an activating group) is 1. The number of Topliss-reactive ketones (excluding diaryl/α,β-unsaturated/α-hetero) is 1. The predicted octanol–water partition coefficient (Wildman–Crippen LogP) is 1.06. The molecule has 0 aliphatic rings. The molecule has 14 heavy (non-hydrogen) atoms. The fraction of sp³-hybridized carbons (Fsp3) is 0.333. The molecule has 0 saturated carbocycles. The number of anilines is 1. The first kappa shape index (κ1) is 10.9. The number of hydrogen-bond acceptors (Lipinski definition) is 4. The maximum absolute atomic E-state index is 11.6. The lowest BCUT2D eigenvalue weighted by molar-refractivity contribution is 0.0958. The van der Waals surface area contributed by atoms with E-state index >= 15 is 0 Å².